The molecule has 4 rings (SSSR count). The van der Waals surface area contributed by atoms with Crippen LogP contribution in [0.25, 0.3) is 0 Å². The van der Waals surface area contributed by atoms with Crippen LogP contribution in [0.2, 0.25) is 0 Å². The number of ether oxygens (including phenoxy) is 2. The number of thiophene rings is 1. The van der Waals surface area contributed by atoms with E-state index in [1.54, 1.807) is 23.5 Å². The number of hydrogen-bond acceptors (Lipinski definition) is 6. The van der Waals surface area contributed by atoms with E-state index < -0.39 is 0 Å². The van der Waals surface area contributed by atoms with Crippen LogP contribution in [0, 0.1) is 0 Å². The molecule has 1 aliphatic heterocycles. The number of hydrogen-bond donors (Lipinski definition) is 2. The number of carbonyl (C=O) groups excluding carboxylic acids is 2. The summed E-state index contributed by atoms with van der Waals surface area (Å²) in [6, 6.07) is 18.7. The van der Waals surface area contributed by atoms with Crippen molar-refractivity contribution in [2.45, 2.75) is 19.6 Å². The highest BCUT2D eigenvalue weighted by Gasteiger charge is 2.12. The molecule has 2 aromatic carbocycles. The Balaban J connectivity index is 1.24. The van der Waals surface area contributed by atoms with Crippen molar-refractivity contribution in [3.63, 3.8) is 0 Å². The van der Waals surface area contributed by atoms with Crippen molar-refractivity contribution in [2.24, 2.45) is 0 Å². The molecule has 2 heterocycles. The van der Waals surface area contributed by atoms with Gasteiger partial charge in [-0.1, -0.05) is 24.3 Å². The topological polar surface area (TPSA) is 79.9 Å². The minimum absolute atomic E-state index is 0.0213. The van der Waals surface area contributed by atoms with E-state index in [1.165, 1.54) is 0 Å². The molecule has 1 fully saturated rings. The average molecular weight is 480 g/mol. The van der Waals surface area contributed by atoms with Crippen molar-refractivity contribution in [3.05, 3.63) is 82.0 Å². The largest absolute Gasteiger partial charge is 0.488 e. The van der Waals surface area contributed by atoms with Crippen LogP contribution in [0.4, 0.5) is 5.69 Å². The van der Waals surface area contributed by atoms with Crippen molar-refractivity contribution in [2.75, 3.05) is 38.2 Å². The number of nitrogens with zero attached hydrogens (tertiary/aromatic N) is 1. The van der Waals surface area contributed by atoms with Crippen LogP contribution >= 0.6 is 11.3 Å². The summed E-state index contributed by atoms with van der Waals surface area (Å²) < 4.78 is 11.1. The van der Waals surface area contributed by atoms with Crippen LogP contribution in [0.5, 0.6) is 5.75 Å². The van der Waals surface area contributed by atoms with Crippen molar-refractivity contribution < 1.29 is 19.1 Å². The molecule has 2 N–H and O–H groups in total. The number of benzene rings is 2. The fourth-order valence-electron chi connectivity index (χ4n) is 3.63. The lowest BCUT2D eigenvalue weighted by molar-refractivity contribution is -0.116. The predicted octanol–water partition coefficient (Wildman–Crippen LogP) is 3.92. The predicted molar refractivity (Wildman–Crippen MR) is 133 cm³/mol. The SMILES string of the molecule is O=C(CCN1CCOCC1)Nc1cccc(CNC(=O)c2cccc(OCc3cccs3)c2)c1. The van der Waals surface area contributed by atoms with Crippen molar-refractivity contribution in [1.82, 2.24) is 10.2 Å². The van der Waals surface area contributed by atoms with E-state index >= 15 is 0 Å². The van der Waals surface area contributed by atoms with Gasteiger partial charge >= 0.3 is 0 Å². The molecule has 0 bridgehead atoms. The van der Waals surface area contributed by atoms with Crippen LogP contribution in [0.3, 0.4) is 0 Å². The Bertz CT molecular complexity index is 1080. The Hall–Kier alpha value is -3.20. The van der Waals surface area contributed by atoms with Crippen LogP contribution in [-0.2, 0) is 22.7 Å². The van der Waals surface area contributed by atoms with Crippen molar-refractivity contribution >= 4 is 28.8 Å². The molecule has 7 nitrogen and oxygen atoms in total. The molecule has 3 aromatic rings. The fourth-order valence-corrected chi connectivity index (χ4v) is 4.24. The average Bonchev–Trinajstić information content (AvgIpc) is 3.40. The van der Waals surface area contributed by atoms with Gasteiger partial charge in [-0.15, -0.1) is 11.3 Å². The first-order chi connectivity index (χ1) is 16.7. The Morgan fingerprint density at radius 1 is 1.03 bits per heavy atom. The third-order valence-electron chi connectivity index (χ3n) is 5.48. The molecule has 178 valence electrons. The third-order valence-corrected chi connectivity index (χ3v) is 6.33. The zero-order valence-corrected chi connectivity index (χ0v) is 19.8. The van der Waals surface area contributed by atoms with Gasteiger partial charge in [0.05, 0.1) is 13.2 Å². The van der Waals surface area contributed by atoms with Gasteiger partial charge in [-0.05, 0) is 47.3 Å². The molecule has 2 amide bonds. The first-order valence-corrected chi connectivity index (χ1v) is 12.3. The summed E-state index contributed by atoms with van der Waals surface area (Å²) in [5.41, 5.74) is 2.17. The maximum absolute atomic E-state index is 12.7. The van der Waals surface area contributed by atoms with Crippen LogP contribution < -0.4 is 15.4 Å². The maximum Gasteiger partial charge on any atom is 0.251 e. The summed E-state index contributed by atoms with van der Waals surface area (Å²) in [5.74, 6) is 0.455. The monoisotopic (exact) mass is 479 g/mol. The first kappa shape index (κ1) is 23.9. The summed E-state index contributed by atoms with van der Waals surface area (Å²) in [6.45, 7) is 4.74. The van der Waals surface area contributed by atoms with E-state index in [4.69, 9.17) is 9.47 Å². The van der Waals surface area contributed by atoms with Gasteiger partial charge in [0.15, 0.2) is 0 Å². The zero-order chi connectivity index (χ0) is 23.6. The Morgan fingerprint density at radius 3 is 2.71 bits per heavy atom. The van der Waals surface area contributed by atoms with Gasteiger partial charge in [0, 0.05) is 48.7 Å². The molecule has 8 heteroatoms. The molecular formula is C26H29N3O4S. The van der Waals surface area contributed by atoms with E-state index in [0.29, 0.717) is 30.9 Å². The number of amides is 2. The first-order valence-electron chi connectivity index (χ1n) is 11.4. The Morgan fingerprint density at radius 2 is 1.88 bits per heavy atom. The maximum atomic E-state index is 12.7. The van der Waals surface area contributed by atoms with E-state index in [2.05, 4.69) is 15.5 Å². The highest BCUT2D eigenvalue weighted by Crippen LogP contribution is 2.18. The number of anilines is 1. The van der Waals surface area contributed by atoms with Gasteiger partial charge in [-0.25, -0.2) is 0 Å². The highest BCUT2D eigenvalue weighted by molar-refractivity contribution is 7.09. The number of carbonyl (C=O) groups is 2. The molecule has 1 aliphatic rings. The van der Waals surface area contributed by atoms with E-state index in [9.17, 15) is 9.59 Å². The lowest BCUT2D eigenvalue weighted by Gasteiger charge is -2.26. The van der Waals surface area contributed by atoms with Crippen molar-refractivity contribution in [3.8, 4) is 5.75 Å². The molecule has 0 saturated carbocycles. The second-order valence-corrected chi connectivity index (χ2v) is 9.06. The summed E-state index contributed by atoms with van der Waals surface area (Å²) >= 11 is 1.63. The smallest absolute Gasteiger partial charge is 0.251 e. The molecule has 0 atom stereocenters. The molecule has 0 aliphatic carbocycles. The van der Waals surface area contributed by atoms with E-state index in [-0.39, 0.29) is 11.8 Å². The minimum atomic E-state index is -0.179. The van der Waals surface area contributed by atoms with Crippen LogP contribution in [0.1, 0.15) is 27.2 Å². The van der Waals surface area contributed by atoms with E-state index in [1.807, 2.05) is 53.9 Å². The van der Waals surface area contributed by atoms with Gasteiger partial charge in [0.1, 0.15) is 12.4 Å². The number of nitrogens with one attached hydrogen (secondary N) is 2. The molecule has 34 heavy (non-hydrogen) atoms. The molecular weight excluding hydrogens is 450 g/mol. The van der Waals surface area contributed by atoms with E-state index in [0.717, 1.165) is 49.0 Å². The van der Waals surface area contributed by atoms with Gasteiger partial charge in [0.2, 0.25) is 5.91 Å². The lowest BCUT2D eigenvalue weighted by Crippen LogP contribution is -2.38. The van der Waals surface area contributed by atoms with Crippen molar-refractivity contribution in [1.29, 1.82) is 0 Å². The third kappa shape index (κ3) is 7.41. The van der Waals surface area contributed by atoms with Crippen LogP contribution in [0.15, 0.2) is 66.0 Å². The quantitative estimate of drug-likeness (QED) is 0.461. The Kier molecular flexibility index (Phi) is 8.67. The summed E-state index contributed by atoms with van der Waals surface area (Å²) in [7, 11) is 0. The second kappa shape index (κ2) is 12.3. The number of morpholine rings is 1. The van der Waals surface area contributed by atoms with Gasteiger partial charge in [-0.3, -0.25) is 14.5 Å². The zero-order valence-electron chi connectivity index (χ0n) is 19.0. The summed E-state index contributed by atoms with van der Waals surface area (Å²) in [6.07, 6.45) is 0.436. The standard InChI is InChI=1S/C26H29N3O4S/c30-25(9-10-29-11-13-32-14-12-29)28-22-6-1-4-20(16-22)18-27-26(31)21-5-2-7-23(17-21)33-19-24-8-3-15-34-24/h1-8,15-17H,9-14,18-19H2,(H,27,31)(H,28,30). The summed E-state index contributed by atoms with van der Waals surface area (Å²) in [4.78, 5) is 28.3. The molecule has 0 spiro atoms. The van der Waals surface area contributed by atoms with Gasteiger partial charge in [-0.2, -0.15) is 0 Å². The van der Waals surface area contributed by atoms with Gasteiger partial charge < -0.3 is 20.1 Å². The molecule has 1 saturated heterocycles. The fraction of sp³-hybridized carbons (Fsp3) is 0.308. The summed E-state index contributed by atoms with van der Waals surface area (Å²) in [5, 5.41) is 7.89. The van der Waals surface area contributed by atoms with Gasteiger partial charge in [0.25, 0.3) is 5.91 Å². The molecule has 1 aromatic heterocycles. The normalized spacial score (nSPS) is 13.9. The number of rotatable bonds is 10. The minimum Gasteiger partial charge on any atom is -0.488 e. The molecule has 0 unspecified atom stereocenters. The lowest BCUT2D eigenvalue weighted by atomic mass is 10.1. The second-order valence-electron chi connectivity index (χ2n) is 8.03. The highest BCUT2D eigenvalue weighted by atomic mass is 32.1. The molecule has 0 radical (unpaired) electrons. The van der Waals surface area contributed by atoms with Crippen LogP contribution in [-0.4, -0.2) is 49.6 Å². The Labute approximate surface area is 203 Å².